The number of likely N-dealkylation sites (N-methyl/N-ethyl adjacent to an activating group) is 1. The third kappa shape index (κ3) is 4.04. The zero-order chi connectivity index (χ0) is 13.5. The van der Waals surface area contributed by atoms with Crippen LogP contribution in [0.15, 0.2) is 18.5 Å². The van der Waals surface area contributed by atoms with Crippen LogP contribution in [0.2, 0.25) is 0 Å². The minimum Gasteiger partial charge on any atom is -0.480 e. The molecule has 0 spiro atoms. The number of rotatable bonds is 5. The second-order valence-corrected chi connectivity index (χ2v) is 3.87. The van der Waals surface area contributed by atoms with Crippen LogP contribution < -0.4 is 5.32 Å². The minimum absolute atomic E-state index is 0.297. The van der Waals surface area contributed by atoms with Crippen LogP contribution in [-0.2, 0) is 11.3 Å². The number of pyridine rings is 1. The Bertz CT molecular complexity index is 434. The number of aliphatic carboxylic acids is 1. The number of carbonyl (C=O) groups excluding carboxylic acids is 1. The minimum atomic E-state index is -1.02. The number of aromatic nitrogens is 1. The van der Waals surface area contributed by atoms with E-state index in [1.54, 1.807) is 19.3 Å². The van der Waals surface area contributed by atoms with Crippen LogP contribution in [-0.4, -0.2) is 40.1 Å². The van der Waals surface area contributed by atoms with Crippen LogP contribution in [0.1, 0.15) is 18.1 Å². The van der Waals surface area contributed by atoms with Crippen LogP contribution >= 0.6 is 0 Å². The molecule has 6 heteroatoms. The monoisotopic (exact) mass is 251 g/mol. The fourth-order valence-electron chi connectivity index (χ4n) is 1.45. The molecule has 0 saturated heterocycles. The average molecular weight is 251 g/mol. The molecule has 1 heterocycles. The van der Waals surface area contributed by atoms with Crippen molar-refractivity contribution in [3.8, 4) is 0 Å². The molecular formula is C12H17N3O3. The zero-order valence-electron chi connectivity index (χ0n) is 10.5. The number of nitrogens with one attached hydrogen (secondary N) is 1. The highest BCUT2D eigenvalue weighted by Gasteiger charge is 2.14. The van der Waals surface area contributed by atoms with E-state index in [0.29, 0.717) is 13.1 Å². The number of carbonyl (C=O) groups is 2. The molecule has 0 aliphatic rings. The molecule has 0 unspecified atom stereocenters. The van der Waals surface area contributed by atoms with Gasteiger partial charge in [-0.15, -0.1) is 0 Å². The molecule has 2 amide bonds. The van der Waals surface area contributed by atoms with Gasteiger partial charge in [0.1, 0.15) is 6.54 Å². The molecule has 18 heavy (non-hydrogen) atoms. The van der Waals surface area contributed by atoms with Gasteiger partial charge in [0, 0.05) is 25.5 Å². The smallest absolute Gasteiger partial charge is 0.323 e. The molecule has 0 aliphatic carbocycles. The Kier molecular flexibility index (Phi) is 5.10. The van der Waals surface area contributed by atoms with E-state index in [9.17, 15) is 9.59 Å². The van der Waals surface area contributed by atoms with E-state index in [1.165, 1.54) is 4.90 Å². The van der Waals surface area contributed by atoms with Crippen LogP contribution in [0.3, 0.4) is 0 Å². The molecule has 6 nitrogen and oxygen atoms in total. The van der Waals surface area contributed by atoms with E-state index < -0.39 is 5.97 Å². The SMILES string of the molecule is CCN(CC(=O)O)C(=O)NCc1cnccc1C. The largest absolute Gasteiger partial charge is 0.480 e. The molecule has 0 bridgehead atoms. The molecular weight excluding hydrogens is 234 g/mol. The molecule has 0 aliphatic heterocycles. The van der Waals surface area contributed by atoms with Crippen LogP contribution in [0.4, 0.5) is 4.79 Å². The predicted octanol–water partition coefficient (Wildman–Crippen LogP) is 1.01. The first-order chi connectivity index (χ1) is 8.54. The third-order valence-corrected chi connectivity index (χ3v) is 2.57. The Morgan fingerprint density at radius 2 is 2.22 bits per heavy atom. The van der Waals surface area contributed by atoms with Crippen LogP contribution in [0.5, 0.6) is 0 Å². The lowest BCUT2D eigenvalue weighted by Crippen LogP contribution is -2.42. The van der Waals surface area contributed by atoms with E-state index >= 15 is 0 Å². The van der Waals surface area contributed by atoms with Crippen molar-refractivity contribution in [1.82, 2.24) is 15.2 Å². The summed E-state index contributed by atoms with van der Waals surface area (Å²) in [6, 6.07) is 1.47. The first-order valence-corrected chi connectivity index (χ1v) is 5.68. The van der Waals surface area contributed by atoms with Crippen molar-refractivity contribution in [2.45, 2.75) is 20.4 Å². The number of aryl methyl sites for hydroxylation is 1. The highest BCUT2D eigenvalue weighted by molar-refractivity contribution is 5.80. The number of nitrogens with zero attached hydrogens (tertiary/aromatic N) is 2. The molecule has 1 aromatic heterocycles. The molecule has 0 atom stereocenters. The molecule has 1 aromatic rings. The topological polar surface area (TPSA) is 82.5 Å². The molecule has 1 rings (SSSR count). The van der Waals surface area contributed by atoms with Gasteiger partial charge in [-0.2, -0.15) is 0 Å². The maximum atomic E-state index is 11.7. The summed E-state index contributed by atoms with van der Waals surface area (Å²) in [6.45, 7) is 4.06. The van der Waals surface area contributed by atoms with E-state index in [0.717, 1.165) is 11.1 Å². The van der Waals surface area contributed by atoms with Gasteiger partial charge >= 0.3 is 12.0 Å². The lowest BCUT2D eigenvalue weighted by molar-refractivity contribution is -0.137. The Hall–Kier alpha value is -2.11. The number of hydrogen-bond donors (Lipinski definition) is 2. The third-order valence-electron chi connectivity index (χ3n) is 2.57. The summed E-state index contributed by atoms with van der Waals surface area (Å²) in [4.78, 5) is 27.5. The van der Waals surface area contributed by atoms with E-state index in [2.05, 4.69) is 10.3 Å². The second-order valence-electron chi connectivity index (χ2n) is 3.87. The average Bonchev–Trinajstić information content (AvgIpc) is 2.34. The number of urea groups is 1. The summed E-state index contributed by atoms with van der Waals surface area (Å²) in [5.41, 5.74) is 1.95. The Labute approximate surface area is 106 Å². The number of amides is 2. The summed E-state index contributed by atoms with van der Waals surface area (Å²) in [7, 11) is 0. The van der Waals surface area contributed by atoms with Crippen LogP contribution in [0.25, 0.3) is 0 Å². The first-order valence-electron chi connectivity index (χ1n) is 5.68. The lowest BCUT2D eigenvalue weighted by atomic mass is 10.2. The number of hydrogen-bond acceptors (Lipinski definition) is 3. The van der Waals surface area contributed by atoms with E-state index in [1.807, 2.05) is 13.0 Å². The maximum absolute atomic E-state index is 11.7. The lowest BCUT2D eigenvalue weighted by Gasteiger charge is -2.19. The Morgan fingerprint density at radius 1 is 1.50 bits per heavy atom. The Balaban J connectivity index is 2.54. The fourth-order valence-corrected chi connectivity index (χ4v) is 1.45. The highest BCUT2D eigenvalue weighted by atomic mass is 16.4. The van der Waals surface area contributed by atoms with Gasteiger partial charge in [0.2, 0.25) is 0 Å². The van der Waals surface area contributed by atoms with Gasteiger partial charge in [0.15, 0.2) is 0 Å². The van der Waals surface area contributed by atoms with Gasteiger partial charge in [-0.05, 0) is 31.0 Å². The van der Waals surface area contributed by atoms with Gasteiger partial charge in [-0.25, -0.2) is 4.79 Å². The molecule has 0 fully saturated rings. The Morgan fingerprint density at radius 3 is 2.78 bits per heavy atom. The highest BCUT2D eigenvalue weighted by Crippen LogP contribution is 2.04. The molecule has 0 radical (unpaired) electrons. The van der Waals surface area contributed by atoms with Crippen LogP contribution in [0, 0.1) is 6.92 Å². The quantitative estimate of drug-likeness (QED) is 0.818. The van der Waals surface area contributed by atoms with Crippen molar-refractivity contribution in [2.75, 3.05) is 13.1 Å². The van der Waals surface area contributed by atoms with Crippen molar-refractivity contribution in [1.29, 1.82) is 0 Å². The summed E-state index contributed by atoms with van der Waals surface area (Å²) in [6.07, 6.45) is 3.37. The molecule has 98 valence electrons. The molecule has 2 N–H and O–H groups in total. The zero-order valence-corrected chi connectivity index (χ0v) is 10.5. The standard InChI is InChI=1S/C12H17N3O3/c1-3-15(8-11(16)17)12(18)14-7-10-6-13-5-4-9(10)2/h4-6H,3,7-8H2,1-2H3,(H,14,18)(H,16,17). The van der Waals surface area contributed by atoms with Crippen molar-refractivity contribution in [2.24, 2.45) is 0 Å². The number of carboxylic acids is 1. The van der Waals surface area contributed by atoms with Crippen molar-refractivity contribution in [3.05, 3.63) is 29.6 Å². The van der Waals surface area contributed by atoms with E-state index in [-0.39, 0.29) is 12.6 Å². The van der Waals surface area contributed by atoms with Gasteiger partial charge in [0.05, 0.1) is 0 Å². The number of carboxylic acid groups (broad SMARTS) is 1. The normalized spacial score (nSPS) is 9.89. The predicted molar refractivity (Wildman–Crippen MR) is 66.1 cm³/mol. The van der Waals surface area contributed by atoms with Gasteiger partial charge in [-0.3, -0.25) is 9.78 Å². The van der Waals surface area contributed by atoms with Crippen molar-refractivity contribution >= 4 is 12.0 Å². The van der Waals surface area contributed by atoms with Gasteiger partial charge in [-0.1, -0.05) is 0 Å². The van der Waals surface area contributed by atoms with Crippen molar-refractivity contribution < 1.29 is 14.7 Å². The summed E-state index contributed by atoms with van der Waals surface area (Å²) in [5, 5.41) is 11.3. The van der Waals surface area contributed by atoms with Gasteiger partial charge in [0.25, 0.3) is 0 Å². The summed E-state index contributed by atoms with van der Waals surface area (Å²) >= 11 is 0. The van der Waals surface area contributed by atoms with Gasteiger partial charge < -0.3 is 15.3 Å². The molecule has 0 aromatic carbocycles. The summed E-state index contributed by atoms with van der Waals surface area (Å²) in [5.74, 6) is -1.02. The maximum Gasteiger partial charge on any atom is 0.323 e. The fraction of sp³-hybridized carbons (Fsp3) is 0.417. The second kappa shape index (κ2) is 6.58. The first kappa shape index (κ1) is 14.0. The summed E-state index contributed by atoms with van der Waals surface area (Å²) < 4.78 is 0. The molecule has 0 saturated carbocycles. The van der Waals surface area contributed by atoms with Crippen molar-refractivity contribution in [3.63, 3.8) is 0 Å². The van der Waals surface area contributed by atoms with E-state index in [4.69, 9.17) is 5.11 Å².